The fourth-order valence-electron chi connectivity index (χ4n) is 1.23. The lowest BCUT2D eigenvalue weighted by molar-refractivity contribution is 0.115. The summed E-state index contributed by atoms with van der Waals surface area (Å²) in [5.74, 6) is 0. The van der Waals surface area contributed by atoms with E-state index in [2.05, 4.69) is 4.98 Å². The van der Waals surface area contributed by atoms with Gasteiger partial charge in [-0.05, 0) is 17.8 Å². The third-order valence-corrected chi connectivity index (χ3v) is 4.27. The van der Waals surface area contributed by atoms with Gasteiger partial charge < -0.3 is 18.3 Å². The summed E-state index contributed by atoms with van der Waals surface area (Å²) in [4.78, 5) is 3.02. The van der Waals surface area contributed by atoms with E-state index in [1.807, 2.05) is 36.4 Å². The van der Waals surface area contributed by atoms with Crippen LogP contribution in [0, 0.1) is 0 Å². The molecule has 1 aromatic rings. The van der Waals surface area contributed by atoms with Crippen LogP contribution >= 0.6 is 12.4 Å². The standard InChI is InChI=1S/C11H17NO3Si.ClH/c1-13-16(14-2,15-3)12-10-9-11-7-5-4-6-8-11;/h4-10,12H,1-3H3;1H. The Bertz CT molecular complexity index is 322. The van der Waals surface area contributed by atoms with E-state index in [0.29, 0.717) is 0 Å². The second kappa shape index (κ2) is 8.27. The van der Waals surface area contributed by atoms with Gasteiger partial charge in [0, 0.05) is 21.3 Å². The van der Waals surface area contributed by atoms with Gasteiger partial charge in [0.1, 0.15) is 0 Å². The molecule has 1 aromatic carbocycles. The highest BCUT2D eigenvalue weighted by Gasteiger charge is 2.38. The zero-order valence-electron chi connectivity index (χ0n) is 10.2. The van der Waals surface area contributed by atoms with Crippen LogP contribution in [0.2, 0.25) is 0 Å². The fourth-order valence-corrected chi connectivity index (χ4v) is 2.37. The molecule has 0 heterocycles. The lowest BCUT2D eigenvalue weighted by Gasteiger charge is -2.22. The SMILES string of the molecule is CO[Si](NC=Cc1ccccc1)(OC)OC.Cl. The molecule has 0 amide bonds. The van der Waals surface area contributed by atoms with E-state index >= 15 is 0 Å². The number of benzene rings is 1. The minimum absolute atomic E-state index is 0. The highest BCUT2D eigenvalue weighted by atomic mass is 35.5. The third-order valence-electron chi connectivity index (χ3n) is 2.14. The van der Waals surface area contributed by atoms with Gasteiger partial charge >= 0.3 is 8.97 Å². The van der Waals surface area contributed by atoms with E-state index in [4.69, 9.17) is 13.3 Å². The number of halogens is 1. The van der Waals surface area contributed by atoms with Gasteiger partial charge in [-0.25, -0.2) is 0 Å². The molecule has 0 unspecified atom stereocenters. The lowest BCUT2D eigenvalue weighted by Crippen LogP contribution is -2.54. The predicted molar refractivity (Wildman–Crippen MR) is 72.6 cm³/mol. The van der Waals surface area contributed by atoms with Crippen LogP contribution in [0.3, 0.4) is 0 Å². The molecule has 0 aliphatic rings. The number of hydrogen-bond donors (Lipinski definition) is 1. The van der Waals surface area contributed by atoms with Crippen molar-refractivity contribution < 1.29 is 13.3 Å². The molecular formula is C11H18ClNO3Si. The highest BCUT2D eigenvalue weighted by molar-refractivity contribution is 6.58. The van der Waals surface area contributed by atoms with E-state index in [1.54, 1.807) is 27.5 Å². The first-order valence-electron chi connectivity index (χ1n) is 4.91. The summed E-state index contributed by atoms with van der Waals surface area (Å²) >= 11 is 0. The van der Waals surface area contributed by atoms with Gasteiger partial charge in [0.25, 0.3) is 0 Å². The van der Waals surface area contributed by atoms with Crippen LogP contribution in [-0.2, 0) is 13.3 Å². The van der Waals surface area contributed by atoms with E-state index in [1.165, 1.54) is 0 Å². The largest absolute Gasteiger partial charge is 0.629 e. The summed E-state index contributed by atoms with van der Waals surface area (Å²) in [6.45, 7) is 0. The Labute approximate surface area is 109 Å². The van der Waals surface area contributed by atoms with E-state index < -0.39 is 8.97 Å². The first kappa shape index (κ1) is 16.1. The van der Waals surface area contributed by atoms with Gasteiger partial charge in [-0.1, -0.05) is 30.3 Å². The maximum absolute atomic E-state index is 5.21. The highest BCUT2D eigenvalue weighted by Crippen LogP contribution is 2.03. The molecule has 1 rings (SSSR count). The number of nitrogens with one attached hydrogen (secondary N) is 1. The van der Waals surface area contributed by atoms with Gasteiger partial charge in [-0.2, -0.15) is 0 Å². The van der Waals surface area contributed by atoms with Crippen LogP contribution in [0.1, 0.15) is 5.56 Å². The average Bonchev–Trinajstić information content (AvgIpc) is 2.37. The molecule has 0 saturated carbocycles. The van der Waals surface area contributed by atoms with Crippen molar-refractivity contribution in [3.05, 3.63) is 42.1 Å². The van der Waals surface area contributed by atoms with Crippen molar-refractivity contribution >= 4 is 27.4 Å². The molecule has 96 valence electrons. The minimum atomic E-state index is -2.71. The molecular weight excluding hydrogens is 258 g/mol. The molecule has 0 radical (unpaired) electrons. The summed E-state index contributed by atoms with van der Waals surface area (Å²) in [5.41, 5.74) is 1.10. The first-order chi connectivity index (χ1) is 7.76. The summed E-state index contributed by atoms with van der Waals surface area (Å²) in [6, 6.07) is 9.95. The summed E-state index contributed by atoms with van der Waals surface area (Å²) in [6.07, 6.45) is 3.71. The molecule has 0 fully saturated rings. The van der Waals surface area contributed by atoms with Crippen LogP contribution < -0.4 is 4.98 Å². The van der Waals surface area contributed by atoms with Gasteiger partial charge in [0.2, 0.25) is 0 Å². The van der Waals surface area contributed by atoms with Crippen LogP contribution in [-0.4, -0.2) is 30.3 Å². The monoisotopic (exact) mass is 275 g/mol. The van der Waals surface area contributed by atoms with Gasteiger partial charge in [-0.15, -0.1) is 12.4 Å². The third kappa shape index (κ3) is 4.89. The molecule has 17 heavy (non-hydrogen) atoms. The lowest BCUT2D eigenvalue weighted by atomic mass is 10.2. The molecule has 4 nitrogen and oxygen atoms in total. The Hall–Kier alpha value is -0.853. The van der Waals surface area contributed by atoms with Gasteiger partial charge in [0.05, 0.1) is 0 Å². The molecule has 0 saturated heterocycles. The summed E-state index contributed by atoms with van der Waals surface area (Å²) < 4.78 is 15.6. The van der Waals surface area contributed by atoms with E-state index in [9.17, 15) is 0 Å². The molecule has 6 heteroatoms. The fraction of sp³-hybridized carbons (Fsp3) is 0.273. The Kier molecular flexibility index (Phi) is 7.85. The van der Waals surface area contributed by atoms with Crippen LogP contribution in [0.4, 0.5) is 0 Å². The first-order valence-corrected chi connectivity index (χ1v) is 6.63. The average molecular weight is 276 g/mol. The smallest absolute Gasteiger partial charge is 0.360 e. The van der Waals surface area contributed by atoms with Gasteiger partial charge in [0.15, 0.2) is 0 Å². The maximum Gasteiger partial charge on any atom is 0.629 e. The van der Waals surface area contributed by atoms with Crippen molar-refractivity contribution in [2.24, 2.45) is 0 Å². The van der Waals surface area contributed by atoms with Crippen molar-refractivity contribution in [3.63, 3.8) is 0 Å². The predicted octanol–water partition coefficient (Wildman–Crippen LogP) is 2.04. The van der Waals surface area contributed by atoms with Crippen LogP contribution in [0.15, 0.2) is 36.5 Å². The summed E-state index contributed by atoms with van der Waals surface area (Å²) in [7, 11) is 1.97. The Morgan fingerprint density at radius 3 is 2.00 bits per heavy atom. The molecule has 0 aliphatic carbocycles. The number of rotatable bonds is 6. The van der Waals surface area contributed by atoms with E-state index in [0.717, 1.165) is 5.56 Å². The summed E-state index contributed by atoms with van der Waals surface area (Å²) in [5, 5.41) is 0. The van der Waals surface area contributed by atoms with E-state index in [-0.39, 0.29) is 12.4 Å². The van der Waals surface area contributed by atoms with Crippen molar-refractivity contribution in [2.75, 3.05) is 21.3 Å². The van der Waals surface area contributed by atoms with Crippen LogP contribution in [0.25, 0.3) is 6.08 Å². The normalized spacial score (nSPS) is 11.2. The molecule has 0 aliphatic heterocycles. The van der Waals surface area contributed by atoms with Gasteiger partial charge in [-0.3, -0.25) is 0 Å². The van der Waals surface area contributed by atoms with Crippen LogP contribution in [0.5, 0.6) is 0 Å². The molecule has 0 aromatic heterocycles. The van der Waals surface area contributed by atoms with Crippen molar-refractivity contribution in [1.29, 1.82) is 0 Å². The maximum atomic E-state index is 5.21. The van der Waals surface area contributed by atoms with Crippen molar-refractivity contribution in [2.45, 2.75) is 0 Å². The minimum Gasteiger partial charge on any atom is -0.360 e. The van der Waals surface area contributed by atoms with Crippen molar-refractivity contribution in [3.8, 4) is 0 Å². The molecule has 1 N–H and O–H groups in total. The molecule has 0 bridgehead atoms. The Morgan fingerprint density at radius 2 is 1.53 bits per heavy atom. The zero-order chi connectivity index (χ0) is 11.9. The number of hydrogen-bond acceptors (Lipinski definition) is 4. The second-order valence-corrected chi connectivity index (χ2v) is 5.68. The Morgan fingerprint density at radius 1 is 1.00 bits per heavy atom. The second-order valence-electron chi connectivity index (χ2n) is 3.06. The molecule has 0 spiro atoms. The topological polar surface area (TPSA) is 39.7 Å². The van der Waals surface area contributed by atoms with Crippen molar-refractivity contribution in [1.82, 2.24) is 4.98 Å². The quantitative estimate of drug-likeness (QED) is 0.807. The Balaban J connectivity index is 0.00000256. The molecule has 0 atom stereocenters. The zero-order valence-corrected chi connectivity index (χ0v) is 12.0.